The molecule has 26 heavy (non-hydrogen) atoms. The molecule has 1 saturated carbocycles. The van der Waals surface area contributed by atoms with Crippen molar-refractivity contribution in [3.05, 3.63) is 59.5 Å². The molecule has 1 atom stereocenters. The lowest BCUT2D eigenvalue weighted by Crippen LogP contribution is -2.30. The summed E-state index contributed by atoms with van der Waals surface area (Å²) in [6.45, 7) is 0.499. The first kappa shape index (κ1) is 16.5. The Labute approximate surface area is 151 Å². The van der Waals surface area contributed by atoms with Crippen molar-refractivity contribution in [2.75, 3.05) is 7.05 Å². The first-order valence-corrected chi connectivity index (χ1v) is 8.69. The van der Waals surface area contributed by atoms with Crippen molar-refractivity contribution in [3.8, 4) is 11.3 Å². The zero-order valence-corrected chi connectivity index (χ0v) is 14.5. The number of nitrogens with one attached hydrogen (secondary N) is 2. The van der Waals surface area contributed by atoms with Gasteiger partial charge in [-0.3, -0.25) is 19.9 Å². The van der Waals surface area contributed by atoms with Crippen LogP contribution >= 0.6 is 0 Å². The van der Waals surface area contributed by atoms with Gasteiger partial charge in [-0.25, -0.2) is 0 Å². The molecule has 2 heterocycles. The van der Waals surface area contributed by atoms with Crippen LogP contribution in [0.1, 0.15) is 41.8 Å². The highest BCUT2D eigenvalue weighted by molar-refractivity contribution is 5.76. The fourth-order valence-corrected chi connectivity index (χ4v) is 3.26. The molecular weight excluding hydrogens is 330 g/mol. The number of hydrogen-bond donors (Lipinski definition) is 3. The van der Waals surface area contributed by atoms with Gasteiger partial charge < -0.3 is 5.11 Å². The van der Waals surface area contributed by atoms with Crippen LogP contribution in [-0.4, -0.2) is 43.4 Å². The van der Waals surface area contributed by atoms with E-state index in [4.69, 9.17) is 0 Å². The molecule has 0 bridgehead atoms. The third kappa shape index (κ3) is 3.39. The Hall–Kier alpha value is -2.93. The minimum absolute atomic E-state index is 0.499. The van der Waals surface area contributed by atoms with Crippen LogP contribution in [0.2, 0.25) is 0 Å². The van der Waals surface area contributed by atoms with Gasteiger partial charge >= 0.3 is 5.97 Å². The summed E-state index contributed by atoms with van der Waals surface area (Å²) in [4.78, 5) is 13.7. The van der Waals surface area contributed by atoms with Crippen molar-refractivity contribution in [1.29, 1.82) is 0 Å². The highest BCUT2D eigenvalue weighted by Crippen LogP contribution is 2.39. The van der Waals surface area contributed by atoms with E-state index < -0.39 is 12.0 Å². The van der Waals surface area contributed by atoms with Crippen molar-refractivity contribution < 1.29 is 9.90 Å². The van der Waals surface area contributed by atoms with Crippen LogP contribution in [0, 0.1) is 0 Å². The second-order valence-electron chi connectivity index (χ2n) is 6.84. The Morgan fingerprint density at radius 2 is 2.04 bits per heavy atom. The number of likely N-dealkylation sites (N-methyl/N-ethyl adjacent to an activating group) is 1. The predicted octanol–water partition coefficient (Wildman–Crippen LogP) is 2.93. The van der Waals surface area contributed by atoms with Gasteiger partial charge in [-0.2, -0.15) is 10.2 Å². The van der Waals surface area contributed by atoms with Crippen molar-refractivity contribution in [3.63, 3.8) is 0 Å². The number of aromatic nitrogens is 4. The topological polar surface area (TPSA) is 97.9 Å². The molecule has 0 aliphatic heterocycles. The fraction of sp³-hybridized carbons (Fsp3) is 0.316. The molecule has 7 nitrogen and oxygen atoms in total. The van der Waals surface area contributed by atoms with Gasteiger partial charge in [0.15, 0.2) is 0 Å². The SMILES string of the molecule is CN(Cc1cc(C2CC2)n[nH]1)[C@H](C(=O)O)c1ccc(-c2ccn[nH]2)cc1. The molecule has 0 saturated heterocycles. The second kappa shape index (κ2) is 6.76. The van der Waals surface area contributed by atoms with E-state index in [1.54, 1.807) is 6.20 Å². The third-order valence-electron chi connectivity index (χ3n) is 4.78. The Morgan fingerprint density at radius 1 is 1.27 bits per heavy atom. The van der Waals surface area contributed by atoms with E-state index in [2.05, 4.69) is 26.5 Å². The Balaban J connectivity index is 1.51. The van der Waals surface area contributed by atoms with E-state index in [-0.39, 0.29) is 0 Å². The molecule has 0 spiro atoms. The van der Waals surface area contributed by atoms with Gasteiger partial charge in [-0.05, 0) is 43.1 Å². The van der Waals surface area contributed by atoms with Crippen molar-refractivity contribution in [1.82, 2.24) is 25.3 Å². The van der Waals surface area contributed by atoms with Crippen molar-refractivity contribution in [2.24, 2.45) is 0 Å². The minimum atomic E-state index is -0.872. The highest BCUT2D eigenvalue weighted by Gasteiger charge is 2.28. The number of rotatable bonds is 7. The maximum absolute atomic E-state index is 11.9. The number of carbonyl (C=O) groups is 1. The molecule has 1 fully saturated rings. The first-order chi connectivity index (χ1) is 12.6. The van der Waals surface area contributed by atoms with Gasteiger partial charge in [0.1, 0.15) is 6.04 Å². The zero-order chi connectivity index (χ0) is 18.1. The standard InChI is InChI=1S/C19H21N5O2/c1-24(11-15-10-17(23-21-15)13-2-3-13)18(19(25)26)14-6-4-12(5-7-14)16-8-9-20-22-16/h4-10,13,18H,2-3,11H2,1H3,(H,20,22)(H,21,23)(H,25,26)/t18-/m0/s1. The predicted molar refractivity (Wildman–Crippen MR) is 96.4 cm³/mol. The highest BCUT2D eigenvalue weighted by atomic mass is 16.4. The Kier molecular flexibility index (Phi) is 4.30. The smallest absolute Gasteiger partial charge is 0.325 e. The van der Waals surface area contributed by atoms with Gasteiger partial charge in [0.05, 0.1) is 11.4 Å². The fourth-order valence-electron chi connectivity index (χ4n) is 3.26. The largest absolute Gasteiger partial charge is 0.480 e. The van der Waals surface area contributed by atoms with Crippen LogP contribution < -0.4 is 0 Å². The molecule has 1 aliphatic carbocycles. The van der Waals surface area contributed by atoms with Crippen LogP contribution in [0.15, 0.2) is 42.6 Å². The average molecular weight is 351 g/mol. The molecular formula is C19H21N5O2. The van der Waals surface area contributed by atoms with Gasteiger partial charge in [0.2, 0.25) is 0 Å². The van der Waals surface area contributed by atoms with E-state index in [1.165, 1.54) is 12.8 Å². The van der Waals surface area contributed by atoms with Crippen LogP contribution in [0.4, 0.5) is 0 Å². The number of aromatic amines is 2. The van der Waals surface area contributed by atoms with Gasteiger partial charge in [0.25, 0.3) is 0 Å². The lowest BCUT2D eigenvalue weighted by atomic mass is 10.0. The van der Waals surface area contributed by atoms with E-state index in [0.717, 1.165) is 28.2 Å². The van der Waals surface area contributed by atoms with Crippen LogP contribution in [-0.2, 0) is 11.3 Å². The van der Waals surface area contributed by atoms with E-state index >= 15 is 0 Å². The molecule has 0 unspecified atom stereocenters. The Morgan fingerprint density at radius 3 is 2.65 bits per heavy atom. The summed E-state index contributed by atoms with van der Waals surface area (Å²) in [6, 6.07) is 10.7. The van der Waals surface area contributed by atoms with E-state index in [1.807, 2.05) is 42.3 Å². The monoisotopic (exact) mass is 351 g/mol. The van der Waals surface area contributed by atoms with Crippen molar-refractivity contribution in [2.45, 2.75) is 31.3 Å². The number of H-pyrrole nitrogens is 2. The summed E-state index contributed by atoms with van der Waals surface area (Å²) in [5.41, 5.74) is 4.65. The lowest BCUT2D eigenvalue weighted by molar-refractivity contribution is -0.143. The molecule has 3 N–H and O–H groups in total. The zero-order valence-electron chi connectivity index (χ0n) is 14.5. The number of aliphatic carboxylic acids is 1. The van der Waals surface area contributed by atoms with Crippen LogP contribution in [0.25, 0.3) is 11.3 Å². The summed E-state index contributed by atoms with van der Waals surface area (Å²) in [5, 5.41) is 24.0. The molecule has 4 rings (SSSR count). The molecule has 0 radical (unpaired) electrons. The lowest BCUT2D eigenvalue weighted by Gasteiger charge is -2.24. The molecule has 0 amide bonds. The van der Waals surface area contributed by atoms with Crippen LogP contribution in [0.5, 0.6) is 0 Å². The van der Waals surface area contributed by atoms with Gasteiger partial charge in [-0.1, -0.05) is 24.3 Å². The summed E-state index contributed by atoms with van der Waals surface area (Å²) in [7, 11) is 1.82. The maximum Gasteiger partial charge on any atom is 0.325 e. The summed E-state index contributed by atoms with van der Waals surface area (Å²) >= 11 is 0. The molecule has 3 aromatic rings. The first-order valence-electron chi connectivity index (χ1n) is 8.69. The van der Waals surface area contributed by atoms with Gasteiger partial charge in [0, 0.05) is 24.4 Å². The molecule has 7 heteroatoms. The maximum atomic E-state index is 11.9. The number of hydrogen-bond acceptors (Lipinski definition) is 4. The van der Waals surface area contributed by atoms with E-state index in [9.17, 15) is 9.90 Å². The number of nitrogens with zero attached hydrogens (tertiary/aromatic N) is 3. The Bertz CT molecular complexity index is 881. The summed E-state index contributed by atoms with van der Waals surface area (Å²) in [6.07, 6.45) is 4.08. The minimum Gasteiger partial charge on any atom is -0.480 e. The molecule has 1 aromatic carbocycles. The average Bonchev–Trinajstić information content (AvgIpc) is 3.13. The second-order valence-corrected chi connectivity index (χ2v) is 6.84. The summed E-state index contributed by atoms with van der Waals surface area (Å²) in [5.74, 6) is -0.292. The van der Waals surface area contributed by atoms with Gasteiger partial charge in [-0.15, -0.1) is 0 Å². The number of benzene rings is 1. The molecule has 2 aromatic heterocycles. The molecule has 1 aliphatic rings. The quantitative estimate of drug-likeness (QED) is 0.608. The molecule has 134 valence electrons. The summed E-state index contributed by atoms with van der Waals surface area (Å²) < 4.78 is 0. The van der Waals surface area contributed by atoms with Crippen LogP contribution in [0.3, 0.4) is 0 Å². The third-order valence-corrected chi connectivity index (χ3v) is 4.78. The van der Waals surface area contributed by atoms with Crippen molar-refractivity contribution >= 4 is 5.97 Å². The number of carboxylic acid groups (broad SMARTS) is 1. The normalized spacial score (nSPS) is 15.3. The van der Waals surface area contributed by atoms with E-state index in [0.29, 0.717) is 12.5 Å². The number of carboxylic acids is 1.